The van der Waals surface area contributed by atoms with Crippen molar-refractivity contribution in [3.05, 3.63) is 0 Å². The fourth-order valence-electron chi connectivity index (χ4n) is 0.977. The lowest BCUT2D eigenvalue weighted by atomic mass is 10.2. The van der Waals surface area contributed by atoms with Crippen LogP contribution in [-0.4, -0.2) is 78.4 Å². The molecular weight excluding hydrogens is 302 g/mol. The van der Waals surface area contributed by atoms with Crippen LogP contribution in [0.2, 0.25) is 0 Å². The molecule has 7 nitrogen and oxygen atoms in total. The van der Waals surface area contributed by atoms with Crippen LogP contribution in [0.5, 0.6) is 0 Å². The Kier molecular flexibility index (Phi) is 20.9. The number of ether oxygens (including phenoxy) is 5. The third kappa shape index (κ3) is 30.0. The van der Waals surface area contributed by atoms with E-state index < -0.39 is 0 Å². The zero-order chi connectivity index (χ0) is 17.8. The van der Waals surface area contributed by atoms with E-state index in [4.69, 9.17) is 29.4 Å². The lowest BCUT2D eigenvalue weighted by Crippen LogP contribution is -2.15. The lowest BCUT2D eigenvalue weighted by Gasteiger charge is -2.14. The first-order chi connectivity index (χ1) is 11.0. The van der Waals surface area contributed by atoms with Crippen LogP contribution in [0.4, 0.5) is 0 Å². The molecule has 0 saturated carbocycles. The van der Waals surface area contributed by atoms with Gasteiger partial charge in [-0.25, -0.2) is 0 Å². The van der Waals surface area contributed by atoms with Crippen molar-refractivity contribution < 1.29 is 28.5 Å². The standard InChI is InChI=1S/C11H23NO5.C5H12O/c12-2-5-15-7-9-17-11-10-16-8-6-14-4-1-3-13;1-5(2,3)6-4/h3H,1-2,4-12H2;1-4H3. The second-order valence-electron chi connectivity index (χ2n) is 5.51. The van der Waals surface area contributed by atoms with Crippen molar-refractivity contribution in [3.8, 4) is 0 Å². The molecule has 0 amide bonds. The molecule has 0 aromatic heterocycles. The van der Waals surface area contributed by atoms with E-state index in [1.165, 1.54) is 0 Å². The van der Waals surface area contributed by atoms with E-state index in [1.54, 1.807) is 7.11 Å². The normalized spacial score (nSPS) is 11.0. The van der Waals surface area contributed by atoms with E-state index in [-0.39, 0.29) is 5.60 Å². The Morgan fingerprint density at radius 3 is 1.43 bits per heavy atom. The van der Waals surface area contributed by atoms with Gasteiger partial charge in [0, 0.05) is 20.1 Å². The summed E-state index contributed by atoms with van der Waals surface area (Å²) in [6, 6.07) is 0. The highest BCUT2D eigenvalue weighted by Gasteiger charge is 2.04. The molecule has 7 heteroatoms. The van der Waals surface area contributed by atoms with E-state index in [9.17, 15) is 4.79 Å². The van der Waals surface area contributed by atoms with Gasteiger partial charge in [-0.3, -0.25) is 0 Å². The number of hydrogen-bond acceptors (Lipinski definition) is 7. The summed E-state index contributed by atoms with van der Waals surface area (Å²) < 4.78 is 25.7. The maximum absolute atomic E-state index is 9.96. The molecule has 0 radical (unpaired) electrons. The fourth-order valence-corrected chi connectivity index (χ4v) is 0.977. The highest BCUT2D eigenvalue weighted by atomic mass is 16.6. The van der Waals surface area contributed by atoms with Crippen molar-refractivity contribution in [2.24, 2.45) is 5.73 Å². The summed E-state index contributed by atoms with van der Waals surface area (Å²) in [6.45, 7) is 10.8. The summed E-state index contributed by atoms with van der Waals surface area (Å²) in [5, 5.41) is 0. The molecule has 23 heavy (non-hydrogen) atoms. The van der Waals surface area contributed by atoms with Crippen LogP contribution < -0.4 is 5.73 Å². The second kappa shape index (κ2) is 19.5. The van der Waals surface area contributed by atoms with Crippen LogP contribution in [0.15, 0.2) is 0 Å². The average molecular weight is 337 g/mol. The SMILES string of the molecule is COC(C)(C)C.NCCOCCOCCOCCOCCC=O. The molecule has 0 aromatic carbocycles. The molecule has 0 bridgehead atoms. The largest absolute Gasteiger partial charge is 0.379 e. The van der Waals surface area contributed by atoms with Gasteiger partial charge in [0.2, 0.25) is 0 Å². The number of aldehydes is 1. The van der Waals surface area contributed by atoms with Crippen LogP contribution in [0.25, 0.3) is 0 Å². The summed E-state index contributed by atoms with van der Waals surface area (Å²) in [4.78, 5) is 9.96. The average Bonchev–Trinajstić information content (AvgIpc) is 2.52. The molecule has 0 heterocycles. The minimum atomic E-state index is 0.0417. The number of hydrogen-bond donors (Lipinski definition) is 1. The Balaban J connectivity index is 0. The summed E-state index contributed by atoms with van der Waals surface area (Å²) in [5.74, 6) is 0. The zero-order valence-electron chi connectivity index (χ0n) is 15.2. The maximum atomic E-state index is 9.96. The number of carbonyl (C=O) groups is 1. The van der Waals surface area contributed by atoms with Gasteiger partial charge < -0.3 is 34.2 Å². The summed E-state index contributed by atoms with van der Waals surface area (Å²) in [5.41, 5.74) is 5.29. The number of carbonyl (C=O) groups excluding carboxylic acids is 1. The van der Waals surface area contributed by atoms with E-state index in [0.717, 1.165) is 6.29 Å². The smallest absolute Gasteiger partial charge is 0.122 e. The van der Waals surface area contributed by atoms with Crippen LogP contribution in [0, 0.1) is 0 Å². The highest BCUT2D eigenvalue weighted by Crippen LogP contribution is 2.02. The number of methoxy groups -OCH3 is 1. The highest BCUT2D eigenvalue weighted by molar-refractivity contribution is 5.49. The van der Waals surface area contributed by atoms with Crippen molar-refractivity contribution in [3.63, 3.8) is 0 Å². The first-order valence-corrected chi connectivity index (χ1v) is 7.97. The van der Waals surface area contributed by atoms with Crippen molar-refractivity contribution >= 4 is 6.29 Å². The quantitative estimate of drug-likeness (QED) is 0.374. The van der Waals surface area contributed by atoms with Gasteiger partial charge in [0.1, 0.15) is 6.29 Å². The molecule has 0 fully saturated rings. The Hall–Kier alpha value is -0.570. The predicted molar refractivity (Wildman–Crippen MR) is 89.8 cm³/mol. The van der Waals surface area contributed by atoms with Crippen LogP contribution in [0.1, 0.15) is 27.2 Å². The summed E-state index contributed by atoms with van der Waals surface area (Å²) in [6.07, 6.45) is 1.27. The van der Waals surface area contributed by atoms with Gasteiger partial charge in [-0.15, -0.1) is 0 Å². The monoisotopic (exact) mass is 337 g/mol. The van der Waals surface area contributed by atoms with Crippen molar-refractivity contribution in [2.45, 2.75) is 32.8 Å². The minimum Gasteiger partial charge on any atom is -0.379 e. The maximum Gasteiger partial charge on any atom is 0.122 e. The molecule has 0 aromatic rings. The van der Waals surface area contributed by atoms with Gasteiger partial charge in [0.05, 0.1) is 58.5 Å². The van der Waals surface area contributed by atoms with Gasteiger partial charge in [-0.1, -0.05) is 0 Å². The van der Waals surface area contributed by atoms with E-state index >= 15 is 0 Å². The Labute approximate surface area is 140 Å². The van der Waals surface area contributed by atoms with E-state index in [0.29, 0.717) is 65.8 Å². The zero-order valence-corrected chi connectivity index (χ0v) is 15.2. The molecule has 140 valence electrons. The Morgan fingerprint density at radius 1 is 0.783 bits per heavy atom. The van der Waals surface area contributed by atoms with E-state index in [2.05, 4.69) is 0 Å². The van der Waals surface area contributed by atoms with Gasteiger partial charge in [0.25, 0.3) is 0 Å². The Bertz CT molecular complexity index is 233. The van der Waals surface area contributed by atoms with Crippen molar-refractivity contribution in [1.29, 1.82) is 0 Å². The molecule has 0 spiro atoms. The predicted octanol–water partition coefficient (Wildman–Crippen LogP) is 1.03. The third-order valence-electron chi connectivity index (χ3n) is 2.37. The number of rotatable bonds is 14. The van der Waals surface area contributed by atoms with Crippen molar-refractivity contribution in [2.75, 3.05) is 66.5 Å². The minimum absolute atomic E-state index is 0.0417. The van der Waals surface area contributed by atoms with Gasteiger partial charge in [0.15, 0.2) is 0 Å². The molecule has 0 saturated heterocycles. The van der Waals surface area contributed by atoms with E-state index in [1.807, 2.05) is 20.8 Å². The lowest BCUT2D eigenvalue weighted by molar-refractivity contribution is -0.108. The molecule has 2 N–H and O–H groups in total. The van der Waals surface area contributed by atoms with Gasteiger partial charge in [-0.05, 0) is 20.8 Å². The summed E-state index contributed by atoms with van der Waals surface area (Å²) >= 11 is 0. The first kappa shape index (κ1) is 24.7. The Morgan fingerprint density at radius 2 is 1.13 bits per heavy atom. The third-order valence-corrected chi connectivity index (χ3v) is 2.37. The molecular formula is C16H35NO6. The first-order valence-electron chi connectivity index (χ1n) is 7.97. The van der Waals surface area contributed by atoms with Crippen molar-refractivity contribution in [1.82, 2.24) is 0 Å². The van der Waals surface area contributed by atoms with Crippen LogP contribution >= 0.6 is 0 Å². The molecule has 0 aliphatic carbocycles. The van der Waals surface area contributed by atoms with Gasteiger partial charge >= 0.3 is 0 Å². The van der Waals surface area contributed by atoms with Crippen LogP contribution in [-0.2, 0) is 28.5 Å². The van der Waals surface area contributed by atoms with Gasteiger partial charge in [-0.2, -0.15) is 0 Å². The second-order valence-corrected chi connectivity index (χ2v) is 5.51. The molecule has 0 aliphatic rings. The molecule has 0 atom stereocenters. The summed E-state index contributed by atoms with van der Waals surface area (Å²) in [7, 11) is 1.71. The number of nitrogens with two attached hydrogens (primary N) is 1. The molecule has 0 unspecified atom stereocenters. The van der Waals surface area contributed by atoms with Crippen LogP contribution in [0.3, 0.4) is 0 Å². The fraction of sp³-hybridized carbons (Fsp3) is 0.938. The molecule has 0 aliphatic heterocycles. The molecule has 0 rings (SSSR count). The topological polar surface area (TPSA) is 89.2 Å².